The number of nitrogens with zero attached hydrogens (tertiary/aromatic N) is 4. The standard InChI is InChI=1S/C20H13F2N5O5/c21-10-2-3-11(23-8-10)19-26-25-15(32-19)7-9-1-5-13-17(16(9)22)27(20(30)31-13)12-4-6-14(28)24-18(12)29/h1-3,5,8,12H,4,6-7H2,(H,24,28,29). The molecule has 1 saturated heterocycles. The molecule has 1 aliphatic rings. The predicted octanol–water partition coefficient (Wildman–Crippen LogP) is 1.89. The zero-order valence-electron chi connectivity index (χ0n) is 16.2. The van der Waals surface area contributed by atoms with E-state index in [-0.39, 0.29) is 53.4 Å². The molecule has 4 aromatic rings. The van der Waals surface area contributed by atoms with Gasteiger partial charge in [0, 0.05) is 6.42 Å². The molecule has 1 aliphatic heterocycles. The maximum Gasteiger partial charge on any atom is 0.420 e. The molecule has 0 radical (unpaired) electrons. The first kappa shape index (κ1) is 19.7. The summed E-state index contributed by atoms with van der Waals surface area (Å²) in [7, 11) is 0. The van der Waals surface area contributed by atoms with Gasteiger partial charge in [-0.1, -0.05) is 6.07 Å². The number of piperidine rings is 1. The van der Waals surface area contributed by atoms with Crippen molar-refractivity contribution in [2.75, 3.05) is 0 Å². The molecule has 1 atom stereocenters. The van der Waals surface area contributed by atoms with Crippen molar-refractivity contribution in [2.45, 2.75) is 25.3 Å². The van der Waals surface area contributed by atoms with Crippen LogP contribution in [0.4, 0.5) is 8.78 Å². The summed E-state index contributed by atoms with van der Waals surface area (Å²) in [6.45, 7) is 0. The predicted molar refractivity (Wildman–Crippen MR) is 102 cm³/mol. The van der Waals surface area contributed by atoms with E-state index in [0.29, 0.717) is 0 Å². The van der Waals surface area contributed by atoms with Crippen LogP contribution in [0.15, 0.2) is 44.1 Å². The third-order valence-electron chi connectivity index (χ3n) is 5.07. The Bertz CT molecular complexity index is 1420. The van der Waals surface area contributed by atoms with Crippen LogP contribution in [0.2, 0.25) is 0 Å². The molecule has 1 fully saturated rings. The summed E-state index contributed by atoms with van der Waals surface area (Å²) in [4.78, 5) is 39.9. The number of hydrogen-bond acceptors (Lipinski definition) is 8. The normalized spacial score (nSPS) is 16.5. The van der Waals surface area contributed by atoms with Gasteiger partial charge in [-0.2, -0.15) is 0 Å². The molecule has 2 amide bonds. The van der Waals surface area contributed by atoms with Crippen LogP contribution < -0.4 is 11.1 Å². The number of amides is 2. The summed E-state index contributed by atoms with van der Waals surface area (Å²) in [5.74, 6) is -3.30. The topological polar surface area (TPSA) is 133 Å². The lowest BCUT2D eigenvalue weighted by Crippen LogP contribution is -2.43. The average Bonchev–Trinajstić information content (AvgIpc) is 3.35. The molecule has 0 bridgehead atoms. The van der Waals surface area contributed by atoms with Crippen molar-refractivity contribution in [1.29, 1.82) is 0 Å². The Balaban J connectivity index is 1.50. The molecule has 162 valence electrons. The van der Waals surface area contributed by atoms with Gasteiger partial charge in [0.05, 0.1) is 12.6 Å². The lowest BCUT2D eigenvalue weighted by molar-refractivity contribution is -0.135. The van der Waals surface area contributed by atoms with Gasteiger partial charge in [0.15, 0.2) is 11.4 Å². The number of aromatic nitrogens is 4. The molecule has 1 unspecified atom stereocenters. The van der Waals surface area contributed by atoms with Gasteiger partial charge in [0.1, 0.15) is 23.1 Å². The first-order valence-electron chi connectivity index (χ1n) is 9.51. The molecule has 10 nitrogen and oxygen atoms in total. The van der Waals surface area contributed by atoms with E-state index in [0.717, 1.165) is 10.8 Å². The van der Waals surface area contributed by atoms with Crippen LogP contribution in [0.1, 0.15) is 30.3 Å². The summed E-state index contributed by atoms with van der Waals surface area (Å²) in [5, 5.41) is 9.83. The third-order valence-corrected chi connectivity index (χ3v) is 5.07. The molecule has 32 heavy (non-hydrogen) atoms. The monoisotopic (exact) mass is 441 g/mol. The van der Waals surface area contributed by atoms with Crippen molar-refractivity contribution in [3.8, 4) is 11.6 Å². The highest BCUT2D eigenvalue weighted by molar-refractivity contribution is 6.00. The van der Waals surface area contributed by atoms with Gasteiger partial charge in [-0.05, 0) is 30.2 Å². The molecule has 0 aliphatic carbocycles. The van der Waals surface area contributed by atoms with Crippen molar-refractivity contribution in [3.63, 3.8) is 0 Å². The molecule has 12 heteroatoms. The Kier molecular flexibility index (Phi) is 4.61. The van der Waals surface area contributed by atoms with Crippen LogP contribution in [0.25, 0.3) is 22.7 Å². The molecule has 0 spiro atoms. The quantitative estimate of drug-likeness (QED) is 0.475. The Morgan fingerprint density at radius 3 is 2.69 bits per heavy atom. The minimum absolute atomic E-state index is 0.0129. The number of fused-ring (bicyclic) bond motifs is 1. The maximum absolute atomic E-state index is 15.4. The Labute approximate surface area is 176 Å². The minimum atomic E-state index is -1.08. The Morgan fingerprint density at radius 2 is 1.94 bits per heavy atom. The lowest BCUT2D eigenvalue weighted by atomic mass is 10.0. The summed E-state index contributed by atoms with van der Waals surface area (Å²) in [6.07, 6.45) is 0.935. The number of imide groups is 1. The zero-order valence-corrected chi connectivity index (χ0v) is 16.2. The van der Waals surface area contributed by atoms with Crippen LogP contribution in [0.5, 0.6) is 0 Å². The first-order valence-corrected chi connectivity index (χ1v) is 9.51. The second-order valence-electron chi connectivity index (χ2n) is 7.13. The third kappa shape index (κ3) is 3.35. The van der Waals surface area contributed by atoms with Crippen LogP contribution in [-0.2, 0) is 16.0 Å². The van der Waals surface area contributed by atoms with Crippen LogP contribution >= 0.6 is 0 Å². The first-order chi connectivity index (χ1) is 15.4. The van der Waals surface area contributed by atoms with E-state index in [4.69, 9.17) is 8.83 Å². The molecule has 0 saturated carbocycles. The molecular weight excluding hydrogens is 428 g/mol. The number of oxazole rings is 1. The minimum Gasteiger partial charge on any atom is -0.419 e. The second kappa shape index (κ2) is 7.48. The highest BCUT2D eigenvalue weighted by atomic mass is 19.1. The summed E-state index contributed by atoms with van der Waals surface area (Å²) < 4.78 is 39.9. The van der Waals surface area contributed by atoms with E-state index in [1.54, 1.807) is 0 Å². The molecule has 5 rings (SSSR count). The SMILES string of the molecule is O=C1CCC(n2c(=O)oc3ccc(Cc4nnc(-c5ccc(F)cn5)o4)c(F)c32)C(=O)N1. The maximum atomic E-state index is 15.4. The van der Waals surface area contributed by atoms with E-state index < -0.39 is 35.2 Å². The summed E-state index contributed by atoms with van der Waals surface area (Å²) in [5.41, 5.74) is 0.133. The molecule has 1 N–H and O–H groups in total. The van der Waals surface area contributed by atoms with E-state index in [1.807, 2.05) is 0 Å². The van der Waals surface area contributed by atoms with Crippen molar-refractivity contribution < 1.29 is 27.2 Å². The van der Waals surface area contributed by atoms with Crippen molar-refractivity contribution in [1.82, 2.24) is 25.1 Å². The van der Waals surface area contributed by atoms with Gasteiger partial charge < -0.3 is 8.83 Å². The van der Waals surface area contributed by atoms with Gasteiger partial charge in [-0.15, -0.1) is 10.2 Å². The van der Waals surface area contributed by atoms with Gasteiger partial charge >= 0.3 is 5.76 Å². The number of pyridine rings is 1. The molecule has 4 heterocycles. The fourth-order valence-corrected chi connectivity index (χ4v) is 3.57. The Hall–Kier alpha value is -4.22. The van der Waals surface area contributed by atoms with E-state index in [2.05, 4.69) is 20.5 Å². The van der Waals surface area contributed by atoms with Crippen molar-refractivity contribution in [3.05, 3.63) is 64.1 Å². The number of hydrogen-bond donors (Lipinski definition) is 1. The number of carbonyl (C=O) groups excluding carboxylic acids is 2. The van der Waals surface area contributed by atoms with Crippen LogP contribution in [-0.4, -0.2) is 31.6 Å². The lowest BCUT2D eigenvalue weighted by Gasteiger charge is -2.21. The smallest absolute Gasteiger partial charge is 0.419 e. The molecular formula is C20H13F2N5O5. The molecule has 3 aromatic heterocycles. The van der Waals surface area contributed by atoms with Gasteiger partial charge in [0.25, 0.3) is 5.89 Å². The van der Waals surface area contributed by atoms with Gasteiger partial charge in [0.2, 0.25) is 17.7 Å². The fraction of sp³-hybridized carbons (Fsp3) is 0.200. The second-order valence-corrected chi connectivity index (χ2v) is 7.13. The highest BCUT2D eigenvalue weighted by Gasteiger charge is 2.32. The number of carbonyl (C=O) groups is 2. The van der Waals surface area contributed by atoms with Crippen LogP contribution in [0, 0.1) is 11.6 Å². The van der Waals surface area contributed by atoms with Crippen molar-refractivity contribution in [2.24, 2.45) is 0 Å². The number of benzene rings is 1. The Morgan fingerprint density at radius 1 is 1.09 bits per heavy atom. The fourth-order valence-electron chi connectivity index (χ4n) is 3.57. The van der Waals surface area contributed by atoms with Gasteiger partial charge in [-0.3, -0.25) is 19.5 Å². The van der Waals surface area contributed by atoms with Gasteiger partial charge in [-0.25, -0.2) is 18.6 Å². The summed E-state index contributed by atoms with van der Waals surface area (Å²) >= 11 is 0. The largest absolute Gasteiger partial charge is 0.420 e. The zero-order chi connectivity index (χ0) is 22.4. The van der Waals surface area contributed by atoms with E-state index in [1.165, 1.54) is 24.3 Å². The number of halogens is 2. The van der Waals surface area contributed by atoms with Crippen LogP contribution in [0.3, 0.4) is 0 Å². The number of nitrogens with one attached hydrogen (secondary N) is 1. The van der Waals surface area contributed by atoms with Crippen molar-refractivity contribution >= 4 is 22.9 Å². The number of rotatable bonds is 4. The highest BCUT2D eigenvalue weighted by Crippen LogP contribution is 2.28. The van der Waals surface area contributed by atoms with E-state index in [9.17, 15) is 18.8 Å². The van der Waals surface area contributed by atoms with E-state index >= 15 is 4.39 Å². The summed E-state index contributed by atoms with van der Waals surface area (Å²) in [6, 6.07) is 4.27. The average molecular weight is 441 g/mol. The molecule has 1 aromatic carbocycles.